The van der Waals surface area contributed by atoms with E-state index in [4.69, 9.17) is 9.31 Å². The molecule has 1 saturated heterocycles. The van der Waals surface area contributed by atoms with E-state index >= 15 is 0 Å². The number of rotatable bonds is 3. The van der Waals surface area contributed by atoms with Gasteiger partial charge in [-0.15, -0.1) is 0 Å². The molecule has 1 aliphatic rings. The van der Waals surface area contributed by atoms with Gasteiger partial charge in [0.2, 0.25) is 0 Å². The molecule has 1 unspecified atom stereocenters. The van der Waals surface area contributed by atoms with Gasteiger partial charge in [-0.25, -0.2) is 0 Å². The highest BCUT2D eigenvalue weighted by atomic mass is 16.7. The van der Waals surface area contributed by atoms with E-state index in [1.165, 1.54) is 5.57 Å². The molecule has 1 rings (SSSR count). The van der Waals surface area contributed by atoms with Gasteiger partial charge in [-0.1, -0.05) is 19.1 Å². The van der Waals surface area contributed by atoms with Gasteiger partial charge in [0, 0.05) is 0 Å². The van der Waals surface area contributed by atoms with Crippen LogP contribution in [0.5, 0.6) is 0 Å². The topological polar surface area (TPSA) is 18.5 Å². The van der Waals surface area contributed by atoms with Crippen LogP contribution < -0.4 is 0 Å². The van der Waals surface area contributed by atoms with Crippen LogP contribution in [-0.4, -0.2) is 18.3 Å². The van der Waals surface area contributed by atoms with Gasteiger partial charge >= 0.3 is 7.12 Å². The van der Waals surface area contributed by atoms with E-state index in [9.17, 15) is 0 Å². The van der Waals surface area contributed by atoms with E-state index in [1.807, 2.05) is 0 Å². The normalized spacial score (nSPS) is 25.3. The highest BCUT2D eigenvalue weighted by Crippen LogP contribution is 2.38. The Labute approximate surface area is 94.2 Å². The fraction of sp³-hybridized carbons (Fsp3) is 0.833. The minimum Gasteiger partial charge on any atom is -0.403 e. The second kappa shape index (κ2) is 3.95. The molecule has 1 heterocycles. The molecule has 0 aromatic heterocycles. The summed E-state index contributed by atoms with van der Waals surface area (Å²) in [7, 11) is -0.0956. The average Bonchev–Trinajstić information content (AvgIpc) is 2.19. The molecule has 0 saturated carbocycles. The maximum atomic E-state index is 5.92. The number of hydrogen-bond acceptors (Lipinski definition) is 2. The summed E-state index contributed by atoms with van der Waals surface area (Å²) in [5.41, 5.74) is 0.753. The highest BCUT2D eigenvalue weighted by molar-refractivity contribution is 6.45. The molecule has 0 aromatic carbocycles. The molecular formula is C12H23BO2. The van der Waals surface area contributed by atoms with Crippen LogP contribution in [0.2, 0.25) is 6.32 Å². The van der Waals surface area contributed by atoms with Crippen LogP contribution in [0.1, 0.15) is 41.5 Å². The minimum absolute atomic E-state index is 0.0956. The summed E-state index contributed by atoms with van der Waals surface area (Å²) in [4.78, 5) is 0. The van der Waals surface area contributed by atoms with E-state index in [-0.39, 0.29) is 18.3 Å². The predicted octanol–water partition coefficient (Wildman–Crippen LogP) is 3.29. The molecule has 86 valence electrons. The van der Waals surface area contributed by atoms with Crippen molar-refractivity contribution in [3.63, 3.8) is 0 Å². The van der Waals surface area contributed by atoms with Crippen LogP contribution >= 0.6 is 0 Å². The zero-order chi connectivity index (χ0) is 11.9. The van der Waals surface area contributed by atoms with Crippen molar-refractivity contribution in [1.29, 1.82) is 0 Å². The van der Waals surface area contributed by atoms with Crippen molar-refractivity contribution in [2.45, 2.75) is 59.1 Å². The van der Waals surface area contributed by atoms with Crippen molar-refractivity contribution in [2.75, 3.05) is 0 Å². The van der Waals surface area contributed by atoms with Gasteiger partial charge in [-0.05, 0) is 46.9 Å². The van der Waals surface area contributed by atoms with E-state index in [2.05, 4.69) is 48.1 Å². The number of allylic oxidation sites excluding steroid dienone is 1. The second-order valence-corrected chi connectivity index (χ2v) is 5.67. The Hall–Kier alpha value is -0.275. The van der Waals surface area contributed by atoms with E-state index in [0.29, 0.717) is 5.92 Å². The van der Waals surface area contributed by atoms with E-state index in [1.54, 1.807) is 0 Å². The lowest BCUT2D eigenvalue weighted by molar-refractivity contribution is 0.00578. The van der Waals surface area contributed by atoms with Gasteiger partial charge in [-0.3, -0.25) is 0 Å². The Morgan fingerprint density at radius 1 is 1.20 bits per heavy atom. The summed E-state index contributed by atoms with van der Waals surface area (Å²) in [5.74, 6) is 0.444. The molecule has 0 aliphatic carbocycles. The van der Waals surface area contributed by atoms with Gasteiger partial charge < -0.3 is 9.31 Å². The molecule has 0 N–H and O–H groups in total. The maximum Gasteiger partial charge on any atom is 0.458 e. The van der Waals surface area contributed by atoms with Gasteiger partial charge in [0.1, 0.15) is 0 Å². The summed E-state index contributed by atoms with van der Waals surface area (Å²) in [6.45, 7) is 16.5. The van der Waals surface area contributed by atoms with Gasteiger partial charge in [0.25, 0.3) is 0 Å². The van der Waals surface area contributed by atoms with Crippen molar-refractivity contribution >= 4 is 7.12 Å². The Bertz CT molecular complexity index is 242. The maximum absolute atomic E-state index is 5.92. The summed E-state index contributed by atoms with van der Waals surface area (Å²) in [5, 5.41) is 0. The van der Waals surface area contributed by atoms with Crippen LogP contribution in [0.15, 0.2) is 12.2 Å². The van der Waals surface area contributed by atoms with Crippen LogP contribution in [-0.2, 0) is 9.31 Å². The fourth-order valence-corrected chi connectivity index (χ4v) is 1.55. The van der Waals surface area contributed by atoms with Crippen molar-refractivity contribution in [2.24, 2.45) is 5.92 Å². The molecule has 1 aliphatic heterocycles. The monoisotopic (exact) mass is 210 g/mol. The first-order valence-corrected chi connectivity index (χ1v) is 5.67. The molecule has 0 aromatic rings. The lowest BCUT2D eigenvalue weighted by Gasteiger charge is -2.32. The van der Waals surface area contributed by atoms with Crippen molar-refractivity contribution in [1.82, 2.24) is 0 Å². The third-order valence-electron chi connectivity index (χ3n) is 3.69. The molecule has 15 heavy (non-hydrogen) atoms. The van der Waals surface area contributed by atoms with Crippen LogP contribution in [0, 0.1) is 5.92 Å². The van der Waals surface area contributed by atoms with Gasteiger partial charge in [0.15, 0.2) is 0 Å². The lowest BCUT2D eigenvalue weighted by Crippen LogP contribution is -2.41. The molecule has 0 amide bonds. The molecule has 0 radical (unpaired) electrons. The first-order chi connectivity index (χ1) is 6.66. The smallest absolute Gasteiger partial charge is 0.403 e. The largest absolute Gasteiger partial charge is 0.458 e. The summed E-state index contributed by atoms with van der Waals surface area (Å²) in [6, 6.07) is 0. The molecule has 2 nitrogen and oxygen atoms in total. The second-order valence-electron chi connectivity index (χ2n) is 5.67. The van der Waals surface area contributed by atoms with Crippen molar-refractivity contribution in [3.8, 4) is 0 Å². The van der Waals surface area contributed by atoms with Crippen molar-refractivity contribution in [3.05, 3.63) is 12.2 Å². The summed E-state index contributed by atoms with van der Waals surface area (Å²) in [6.07, 6.45) is 0.891. The zero-order valence-corrected chi connectivity index (χ0v) is 10.9. The number of hydrogen-bond donors (Lipinski definition) is 0. The molecule has 0 bridgehead atoms. The van der Waals surface area contributed by atoms with Crippen LogP contribution in [0.4, 0.5) is 0 Å². The minimum atomic E-state index is -0.216. The molecule has 1 fully saturated rings. The van der Waals surface area contributed by atoms with E-state index in [0.717, 1.165) is 6.32 Å². The quantitative estimate of drug-likeness (QED) is 0.525. The highest BCUT2D eigenvalue weighted by Gasteiger charge is 2.50. The van der Waals surface area contributed by atoms with Gasteiger partial charge in [-0.2, -0.15) is 0 Å². The predicted molar refractivity (Wildman–Crippen MR) is 64.9 cm³/mol. The first-order valence-electron chi connectivity index (χ1n) is 5.67. The Morgan fingerprint density at radius 2 is 1.60 bits per heavy atom. The van der Waals surface area contributed by atoms with Gasteiger partial charge in [0.05, 0.1) is 11.2 Å². The summed E-state index contributed by atoms with van der Waals surface area (Å²) < 4.78 is 11.8. The summed E-state index contributed by atoms with van der Waals surface area (Å²) >= 11 is 0. The zero-order valence-electron chi connectivity index (χ0n) is 10.9. The van der Waals surface area contributed by atoms with Crippen LogP contribution in [0.3, 0.4) is 0 Å². The standard InChI is InChI=1S/C12H23BO2/c1-9(2)10(3)8-13-14-11(4,5)12(6,7)15-13/h10H,1,8H2,2-7H3. The first kappa shape index (κ1) is 12.8. The lowest BCUT2D eigenvalue weighted by atomic mass is 9.76. The average molecular weight is 210 g/mol. The molecular weight excluding hydrogens is 187 g/mol. The Morgan fingerprint density at radius 3 is 1.93 bits per heavy atom. The van der Waals surface area contributed by atoms with Crippen LogP contribution in [0.25, 0.3) is 0 Å². The SMILES string of the molecule is C=C(C)C(C)CB1OC(C)(C)C(C)(C)O1. The van der Waals surface area contributed by atoms with Crippen molar-refractivity contribution < 1.29 is 9.31 Å². The Balaban J connectivity index is 2.60. The molecule has 0 spiro atoms. The van der Waals surface area contributed by atoms with E-state index < -0.39 is 0 Å². The molecule has 1 atom stereocenters. The third kappa shape index (κ3) is 2.64. The molecule has 3 heteroatoms. The third-order valence-corrected chi connectivity index (χ3v) is 3.69. The fourth-order valence-electron chi connectivity index (χ4n) is 1.55. The Kier molecular flexibility index (Phi) is 3.37.